The van der Waals surface area contributed by atoms with E-state index in [-0.39, 0.29) is 36.1 Å². The Morgan fingerprint density at radius 3 is 2.66 bits per heavy atom. The monoisotopic (exact) mass is 557 g/mol. The first-order valence-electron chi connectivity index (χ1n) is 10.9. The minimum Gasteiger partial charge on any atom is -0.487 e. The molecule has 0 aliphatic carbocycles. The smallest absolute Gasteiger partial charge is 0.223 e. The Labute approximate surface area is 227 Å². The van der Waals surface area contributed by atoms with Crippen LogP contribution < -0.4 is 10.1 Å². The van der Waals surface area contributed by atoms with Crippen LogP contribution in [0.3, 0.4) is 0 Å². The highest BCUT2D eigenvalue weighted by Crippen LogP contribution is 2.32. The van der Waals surface area contributed by atoms with Crippen molar-refractivity contribution >= 4 is 52.2 Å². The SMILES string of the molecule is Cl.O.O=C(CO)c1ccc(-c2ccc3ncnc(Nc4ccc(OCc5cccc(F)c5)c(Cl)c4)c3c2)o1. The molecular weight excluding hydrogens is 536 g/mol. The number of aromatic nitrogens is 2. The number of hydrogen-bond acceptors (Lipinski definition) is 7. The van der Waals surface area contributed by atoms with E-state index in [1.54, 1.807) is 36.4 Å². The van der Waals surface area contributed by atoms with Gasteiger partial charge < -0.3 is 25.1 Å². The highest BCUT2D eigenvalue weighted by atomic mass is 35.5. The predicted octanol–water partition coefficient (Wildman–Crippen LogP) is 5.78. The number of aliphatic hydroxyl groups excluding tert-OH is 1. The van der Waals surface area contributed by atoms with Gasteiger partial charge in [-0.15, -0.1) is 12.4 Å². The molecule has 38 heavy (non-hydrogen) atoms. The van der Waals surface area contributed by atoms with Gasteiger partial charge in [0.05, 0.1) is 10.5 Å². The number of halogens is 3. The molecular formula is C27H22Cl2FN3O5. The lowest BCUT2D eigenvalue weighted by Gasteiger charge is -2.12. The van der Waals surface area contributed by atoms with Gasteiger partial charge in [0, 0.05) is 16.6 Å². The van der Waals surface area contributed by atoms with Gasteiger partial charge in [0.15, 0.2) is 5.76 Å². The normalized spacial score (nSPS) is 10.4. The summed E-state index contributed by atoms with van der Waals surface area (Å²) in [5.74, 6) is 0.758. The number of nitrogens with zero attached hydrogens (tertiary/aromatic N) is 2. The number of carbonyl (C=O) groups excluding carboxylic acids is 1. The van der Waals surface area contributed by atoms with Crippen molar-refractivity contribution < 1.29 is 28.9 Å². The van der Waals surface area contributed by atoms with Crippen LogP contribution in [0.25, 0.3) is 22.2 Å². The highest BCUT2D eigenvalue weighted by molar-refractivity contribution is 6.32. The maximum atomic E-state index is 13.4. The molecule has 5 rings (SSSR count). The summed E-state index contributed by atoms with van der Waals surface area (Å²) >= 11 is 6.43. The quantitative estimate of drug-likeness (QED) is 0.231. The lowest BCUT2D eigenvalue weighted by atomic mass is 10.1. The zero-order valence-electron chi connectivity index (χ0n) is 19.7. The maximum Gasteiger partial charge on any atom is 0.223 e. The van der Waals surface area contributed by atoms with E-state index in [2.05, 4.69) is 15.3 Å². The van der Waals surface area contributed by atoms with E-state index in [9.17, 15) is 9.18 Å². The van der Waals surface area contributed by atoms with Gasteiger partial charge in [0.1, 0.15) is 42.7 Å². The van der Waals surface area contributed by atoms with E-state index >= 15 is 0 Å². The van der Waals surface area contributed by atoms with Crippen molar-refractivity contribution in [2.24, 2.45) is 0 Å². The van der Waals surface area contributed by atoms with Crippen molar-refractivity contribution in [1.29, 1.82) is 0 Å². The number of furan rings is 1. The van der Waals surface area contributed by atoms with Gasteiger partial charge in [0.2, 0.25) is 5.78 Å². The number of anilines is 2. The van der Waals surface area contributed by atoms with Gasteiger partial charge >= 0.3 is 0 Å². The van der Waals surface area contributed by atoms with E-state index in [1.807, 2.05) is 18.2 Å². The predicted molar refractivity (Wildman–Crippen MR) is 145 cm³/mol. The van der Waals surface area contributed by atoms with E-state index in [0.717, 1.165) is 10.9 Å². The minimum absolute atomic E-state index is 0. The molecule has 0 unspecified atom stereocenters. The summed E-state index contributed by atoms with van der Waals surface area (Å²) in [4.78, 5) is 20.4. The molecule has 0 bridgehead atoms. The summed E-state index contributed by atoms with van der Waals surface area (Å²) in [5.41, 5.74) is 2.80. The first-order chi connectivity index (χ1) is 17.5. The number of ether oxygens (including phenoxy) is 1. The van der Waals surface area contributed by atoms with Crippen molar-refractivity contribution in [2.75, 3.05) is 11.9 Å². The average Bonchev–Trinajstić information content (AvgIpc) is 3.38. The molecule has 0 spiro atoms. The molecule has 196 valence electrons. The number of hydrogen-bond donors (Lipinski definition) is 2. The number of benzene rings is 3. The molecule has 5 aromatic rings. The molecule has 0 fully saturated rings. The van der Waals surface area contributed by atoms with Crippen molar-refractivity contribution in [1.82, 2.24) is 9.97 Å². The second-order valence-corrected chi connectivity index (χ2v) is 8.30. The van der Waals surface area contributed by atoms with Crippen LogP contribution in [0.5, 0.6) is 5.75 Å². The van der Waals surface area contributed by atoms with Gasteiger partial charge in [-0.25, -0.2) is 14.4 Å². The number of rotatable bonds is 8. The third-order valence-corrected chi connectivity index (χ3v) is 5.72. The molecule has 2 aromatic heterocycles. The zero-order chi connectivity index (χ0) is 25.1. The number of carbonyl (C=O) groups is 1. The van der Waals surface area contributed by atoms with Crippen LogP contribution in [0.2, 0.25) is 5.02 Å². The minimum atomic E-state index is -0.621. The Bertz CT molecular complexity index is 1580. The van der Waals surface area contributed by atoms with Gasteiger partial charge in [-0.05, 0) is 66.2 Å². The summed E-state index contributed by atoms with van der Waals surface area (Å²) < 4.78 is 24.7. The van der Waals surface area contributed by atoms with Crippen LogP contribution in [0, 0.1) is 5.82 Å². The maximum absolute atomic E-state index is 13.4. The molecule has 3 aromatic carbocycles. The fourth-order valence-corrected chi connectivity index (χ4v) is 3.89. The largest absolute Gasteiger partial charge is 0.487 e. The van der Waals surface area contributed by atoms with Gasteiger partial charge in [0.25, 0.3) is 0 Å². The molecule has 0 saturated carbocycles. The molecule has 0 aliphatic rings. The molecule has 0 amide bonds. The number of fused-ring (bicyclic) bond motifs is 1. The lowest BCUT2D eigenvalue weighted by Crippen LogP contribution is -2.01. The summed E-state index contributed by atoms with van der Waals surface area (Å²) in [5, 5.41) is 13.4. The first kappa shape index (κ1) is 28.5. The van der Waals surface area contributed by atoms with Crippen LogP contribution in [0.15, 0.2) is 83.5 Å². The highest BCUT2D eigenvalue weighted by Gasteiger charge is 2.13. The second-order valence-electron chi connectivity index (χ2n) is 7.89. The van der Waals surface area contributed by atoms with Crippen molar-refractivity contribution in [3.63, 3.8) is 0 Å². The second kappa shape index (κ2) is 12.5. The Morgan fingerprint density at radius 2 is 1.89 bits per heavy atom. The molecule has 0 atom stereocenters. The standard InChI is InChI=1S/C27H19ClFN3O4.ClH.H2O/c28-21-12-19(5-7-25(21)35-14-16-2-1-3-18(29)10-16)32-27-20-11-17(4-6-22(20)30-15-31-27)24-8-9-26(36-24)23(34)13-33;;/h1-12,15,33H,13-14H2,(H,30,31,32);1H;1H2. The van der Waals surface area contributed by atoms with E-state index in [0.29, 0.717) is 39.1 Å². The van der Waals surface area contributed by atoms with Crippen LogP contribution >= 0.6 is 24.0 Å². The van der Waals surface area contributed by atoms with Crippen LogP contribution in [0.1, 0.15) is 16.1 Å². The van der Waals surface area contributed by atoms with Gasteiger partial charge in [-0.2, -0.15) is 0 Å². The molecule has 0 saturated heterocycles. The Hall–Kier alpha value is -4.02. The molecule has 4 N–H and O–H groups in total. The molecule has 0 aliphatic heterocycles. The number of nitrogens with one attached hydrogen (secondary N) is 1. The summed E-state index contributed by atoms with van der Waals surface area (Å²) in [6.07, 6.45) is 1.45. The molecule has 2 heterocycles. The topological polar surface area (TPSA) is 129 Å². The van der Waals surface area contributed by atoms with Crippen LogP contribution in [-0.2, 0) is 6.61 Å². The van der Waals surface area contributed by atoms with Crippen molar-refractivity contribution in [2.45, 2.75) is 6.61 Å². The Balaban J connectivity index is 0.00000200. The number of ketones is 1. The summed E-state index contributed by atoms with van der Waals surface area (Å²) in [6, 6.07) is 20.1. The van der Waals surface area contributed by atoms with Gasteiger partial charge in [-0.1, -0.05) is 23.7 Å². The Morgan fingerprint density at radius 1 is 1.05 bits per heavy atom. The average molecular weight is 558 g/mol. The fraction of sp³-hybridized carbons (Fsp3) is 0.0741. The molecule has 8 nitrogen and oxygen atoms in total. The first-order valence-corrected chi connectivity index (χ1v) is 11.3. The van der Waals surface area contributed by atoms with E-state index in [4.69, 9.17) is 25.9 Å². The Kier molecular flexibility index (Phi) is 9.38. The van der Waals surface area contributed by atoms with Crippen molar-refractivity contribution in [3.05, 3.63) is 101 Å². The number of aliphatic hydroxyl groups is 1. The van der Waals surface area contributed by atoms with Crippen LogP contribution in [0.4, 0.5) is 15.9 Å². The fourth-order valence-electron chi connectivity index (χ4n) is 3.65. The van der Waals surface area contributed by atoms with Crippen molar-refractivity contribution in [3.8, 4) is 17.1 Å². The van der Waals surface area contributed by atoms with E-state index in [1.165, 1.54) is 24.5 Å². The van der Waals surface area contributed by atoms with E-state index < -0.39 is 12.4 Å². The third-order valence-electron chi connectivity index (χ3n) is 5.42. The zero-order valence-corrected chi connectivity index (χ0v) is 21.2. The lowest BCUT2D eigenvalue weighted by molar-refractivity contribution is 0.0876. The van der Waals surface area contributed by atoms with Gasteiger partial charge in [-0.3, -0.25) is 4.79 Å². The summed E-state index contributed by atoms with van der Waals surface area (Å²) in [6.45, 7) is -0.439. The molecule has 0 radical (unpaired) electrons. The summed E-state index contributed by atoms with van der Waals surface area (Å²) in [7, 11) is 0. The third kappa shape index (κ3) is 6.27. The number of Topliss-reactive ketones (excluding diaryl/α,β-unsaturated/α-hetero) is 1. The van der Waals surface area contributed by atoms with Crippen LogP contribution in [-0.4, -0.2) is 32.9 Å². The molecule has 11 heteroatoms.